The van der Waals surface area contributed by atoms with Crippen molar-refractivity contribution in [3.8, 4) is 11.5 Å². The van der Waals surface area contributed by atoms with E-state index in [-0.39, 0.29) is 24.0 Å². The second kappa shape index (κ2) is 9.74. The van der Waals surface area contributed by atoms with E-state index in [0.717, 1.165) is 49.2 Å². The molecular formula is C18H26IN5O. The molecule has 7 heteroatoms. The molecule has 1 fully saturated rings. The monoisotopic (exact) mass is 455 g/mol. The number of nitrogens with zero attached hydrogens (tertiary/aromatic N) is 3. The predicted octanol–water partition coefficient (Wildman–Crippen LogP) is 3.03. The quantitative estimate of drug-likeness (QED) is 0.382. The fourth-order valence-electron chi connectivity index (χ4n) is 2.44. The number of benzene rings is 1. The van der Waals surface area contributed by atoms with Crippen LogP contribution in [-0.2, 0) is 12.8 Å². The molecule has 2 N–H and O–H groups in total. The zero-order chi connectivity index (χ0) is 16.8. The highest BCUT2D eigenvalue weighted by atomic mass is 127. The van der Waals surface area contributed by atoms with Gasteiger partial charge in [0.2, 0.25) is 0 Å². The lowest BCUT2D eigenvalue weighted by molar-refractivity contribution is 0.423. The Labute approximate surface area is 165 Å². The summed E-state index contributed by atoms with van der Waals surface area (Å²) in [5.41, 5.74) is 2.22. The molecule has 0 aliphatic heterocycles. The van der Waals surface area contributed by atoms with Gasteiger partial charge in [-0.15, -0.1) is 24.0 Å². The Bertz CT molecular complexity index is 679. The summed E-state index contributed by atoms with van der Waals surface area (Å²) in [6, 6.07) is 8.27. The zero-order valence-electron chi connectivity index (χ0n) is 14.8. The van der Waals surface area contributed by atoms with Crippen molar-refractivity contribution in [2.24, 2.45) is 10.9 Å². The van der Waals surface area contributed by atoms with Gasteiger partial charge in [-0.3, -0.25) is 4.99 Å². The van der Waals surface area contributed by atoms with E-state index in [4.69, 9.17) is 4.52 Å². The number of hydrogen-bond donors (Lipinski definition) is 2. The maximum absolute atomic E-state index is 5.26. The number of rotatable bonds is 7. The van der Waals surface area contributed by atoms with E-state index in [9.17, 15) is 0 Å². The van der Waals surface area contributed by atoms with E-state index in [1.54, 1.807) is 0 Å². The second-order valence-corrected chi connectivity index (χ2v) is 6.14. The van der Waals surface area contributed by atoms with Crippen molar-refractivity contribution >= 4 is 29.9 Å². The highest BCUT2D eigenvalue weighted by Gasteiger charge is 2.20. The summed E-state index contributed by atoms with van der Waals surface area (Å²) in [6.07, 6.45) is 4.41. The molecule has 136 valence electrons. The number of aromatic nitrogens is 2. The normalized spacial score (nSPS) is 14.1. The van der Waals surface area contributed by atoms with Gasteiger partial charge in [0, 0.05) is 32.1 Å². The molecule has 1 aliphatic rings. The molecule has 0 amide bonds. The van der Waals surface area contributed by atoms with Crippen LogP contribution in [0.15, 0.2) is 33.8 Å². The molecule has 3 rings (SSSR count). The van der Waals surface area contributed by atoms with Gasteiger partial charge < -0.3 is 15.2 Å². The third kappa shape index (κ3) is 5.98. The average Bonchev–Trinajstić information content (AvgIpc) is 3.33. The molecular weight excluding hydrogens is 429 g/mol. The summed E-state index contributed by atoms with van der Waals surface area (Å²) in [5.74, 6) is 3.05. The van der Waals surface area contributed by atoms with E-state index in [2.05, 4.69) is 37.9 Å². The molecule has 0 saturated heterocycles. The van der Waals surface area contributed by atoms with Crippen molar-refractivity contribution in [2.45, 2.75) is 32.6 Å². The molecule has 0 atom stereocenters. The van der Waals surface area contributed by atoms with Crippen molar-refractivity contribution in [3.63, 3.8) is 0 Å². The van der Waals surface area contributed by atoms with Crippen LogP contribution in [0.2, 0.25) is 0 Å². The van der Waals surface area contributed by atoms with Crippen LogP contribution in [0, 0.1) is 5.92 Å². The van der Waals surface area contributed by atoms with Crippen molar-refractivity contribution in [1.29, 1.82) is 0 Å². The number of hydrogen-bond acceptors (Lipinski definition) is 4. The third-order valence-corrected chi connectivity index (χ3v) is 4.17. The molecule has 25 heavy (non-hydrogen) atoms. The van der Waals surface area contributed by atoms with Gasteiger partial charge in [0.05, 0.1) is 0 Å². The SMILES string of the molecule is CCc1noc(-c2ccc(CCNC(=NC)NCC3CC3)cc2)n1.I. The molecule has 0 spiro atoms. The molecule has 1 aromatic heterocycles. The molecule has 6 nitrogen and oxygen atoms in total. The molecule has 1 heterocycles. The highest BCUT2D eigenvalue weighted by molar-refractivity contribution is 14.0. The van der Waals surface area contributed by atoms with Gasteiger partial charge in [-0.1, -0.05) is 24.2 Å². The van der Waals surface area contributed by atoms with Gasteiger partial charge in [0.15, 0.2) is 11.8 Å². The first-order chi connectivity index (χ1) is 11.8. The van der Waals surface area contributed by atoms with Gasteiger partial charge in [-0.05, 0) is 42.9 Å². The minimum Gasteiger partial charge on any atom is -0.356 e. The first kappa shape index (κ1) is 19.7. The van der Waals surface area contributed by atoms with Crippen LogP contribution in [0.1, 0.15) is 31.2 Å². The summed E-state index contributed by atoms with van der Waals surface area (Å²) in [4.78, 5) is 8.60. The number of aliphatic imine (C=N–C) groups is 1. The largest absolute Gasteiger partial charge is 0.356 e. The summed E-state index contributed by atoms with van der Waals surface area (Å²) >= 11 is 0. The Balaban J connectivity index is 0.00000225. The van der Waals surface area contributed by atoms with E-state index >= 15 is 0 Å². The topological polar surface area (TPSA) is 75.3 Å². The minimum absolute atomic E-state index is 0. The summed E-state index contributed by atoms with van der Waals surface area (Å²) in [5, 5.41) is 10.7. The van der Waals surface area contributed by atoms with Crippen molar-refractivity contribution in [3.05, 3.63) is 35.7 Å². The summed E-state index contributed by atoms with van der Waals surface area (Å²) in [6.45, 7) is 3.89. The maximum Gasteiger partial charge on any atom is 0.257 e. The molecule has 2 aromatic rings. The fourth-order valence-corrected chi connectivity index (χ4v) is 2.44. The smallest absolute Gasteiger partial charge is 0.257 e. The van der Waals surface area contributed by atoms with Crippen LogP contribution in [0.25, 0.3) is 11.5 Å². The first-order valence-corrected chi connectivity index (χ1v) is 8.65. The van der Waals surface area contributed by atoms with Gasteiger partial charge in [-0.2, -0.15) is 4.98 Å². The lowest BCUT2D eigenvalue weighted by Gasteiger charge is -2.11. The fraction of sp³-hybridized carbons (Fsp3) is 0.500. The second-order valence-electron chi connectivity index (χ2n) is 6.14. The lowest BCUT2D eigenvalue weighted by Crippen LogP contribution is -2.39. The van der Waals surface area contributed by atoms with Crippen LogP contribution in [0.3, 0.4) is 0 Å². The summed E-state index contributed by atoms with van der Waals surface area (Å²) in [7, 11) is 1.81. The van der Waals surface area contributed by atoms with Crippen molar-refractivity contribution in [1.82, 2.24) is 20.8 Å². The minimum atomic E-state index is 0. The van der Waals surface area contributed by atoms with Gasteiger partial charge in [-0.25, -0.2) is 0 Å². The van der Waals surface area contributed by atoms with E-state index in [1.807, 2.05) is 26.1 Å². The summed E-state index contributed by atoms with van der Waals surface area (Å²) < 4.78 is 5.26. The van der Waals surface area contributed by atoms with Crippen LogP contribution in [0.4, 0.5) is 0 Å². The number of nitrogens with one attached hydrogen (secondary N) is 2. The van der Waals surface area contributed by atoms with E-state index < -0.39 is 0 Å². The lowest BCUT2D eigenvalue weighted by atomic mass is 10.1. The average molecular weight is 455 g/mol. The number of guanidine groups is 1. The predicted molar refractivity (Wildman–Crippen MR) is 110 cm³/mol. The number of aryl methyl sites for hydroxylation is 1. The van der Waals surface area contributed by atoms with E-state index in [0.29, 0.717) is 5.89 Å². The first-order valence-electron chi connectivity index (χ1n) is 8.65. The molecule has 0 bridgehead atoms. The molecule has 1 aliphatic carbocycles. The van der Waals surface area contributed by atoms with Gasteiger partial charge >= 0.3 is 0 Å². The van der Waals surface area contributed by atoms with Crippen LogP contribution >= 0.6 is 24.0 Å². The molecule has 0 radical (unpaired) electrons. The van der Waals surface area contributed by atoms with E-state index in [1.165, 1.54) is 18.4 Å². The Morgan fingerprint density at radius 2 is 2.00 bits per heavy atom. The number of halogens is 1. The third-order valence-electron chi connectivity index (χ3n) is 4.17. The Kier molecular flexibility index (Phi) is 7.67. The Morgan fingerprint density at radius 1 is 1.24 bits per heavy atom. The Hall–Kier alpha value is -1.64. The van der Waals surface area contributed by atoms with Crippen LogP contribution < -0.4 is 10.6 Å². The standard InChI is InChI=1S/C18H25N5O.HI/c1-3-16-22-17(24-23-16)15-8-6-13(7-9-15)10-11-20-18(19-2)21-12-14-4-5-14;/h6-9,14H,3-5,10-12H2,1-2H3,(H2,19,20,21);1H. The Morgan fingerprint density at radius 3 is 2.60 bits per heavy atom. The van der Waals surface area contributed by atoms with Crippen LogP contribution in [0.5, 0.6) is 0 Å². The van der Waals surface area contributed by atoms with Gasteiger partial charge in [0.25, 0.3) is 5.89 Å². The van der Waals surface area contributed by atoms with Crippen molar-refractivity contribution < 1.29 is 4.52 Å². The highest BCUT2D eigenvalue weighted by Crippen LogP contribution is 2.27. The molecule has 1 saturated carbocycles. The van der Waals surface area contributed by atoms with Gasteiger partial charge in [0.1, 0.15) is 0 Å². The van der Waals surface area contributed by atoms with Crippen molar-refractivity contribution in [2.75, 3.05) is 20.1 Å². The molecule has 0 unspecified atom stereocenters. The molecule has 1 aromatic carbocycles. The zero-order valence-corrected chi connectivity index (χ0v) is 17.1. The maximum atomic E-state index is 5.26. The van der Waals surface area contributed by atoms with Crippen LogP contribution in [-0.4, -0.2) is 36.2 Å².